The molecule has 2 fully saturated rings. The Kier molecular flexibility index (Phi) is 1.45. The molecule has 0 bridgehead atoms. The van der Waals surface area contributed by atoms with E-state index in [1.807, 2.05) is 0 Å². The van der Waals surface area contributed by atoms with Gasteiger partial charge >= 0.3 is 6.18 Å². The Morgan fingerprint density at radius 2 is 1.73 bits per heavy atom. The number of alkyl halides is 3. The third-order valence-electron chi connectivity index (χ3n) is 2.76. The van der Waals surface area contributed by atoms with Crippen molar-refractivity contribution in [3.8, 4) is 0 Å². The van der Waals surface area contributed by atoms with Gasteiger partial charge in [-0.25, -0.2) is 0 Å². The molecule has 0 saturated heterocycles. The molecule has 0 heterocycles. The summed E-state index contributed by atoms with van der Waals surface area (Å²) >= 11 is 0. The molecule has 2 rings (SSSR count). The zero-order chi connectivity index (χ0) is 8.06. The van der Waals surface area contributed by atoms with Gasteiger partial charge in [0.25, 0.3) is 0 Å². The van der Waals surface area contributed by atoms with Gasteiger partial charge in [0, 0.05) is 0 Å². The predicted molar refractivity (Wildman–Crippen MR) is 34.7 cm³/mol. The molecule has 0 aromatic carbocycles. The Morgan fingerprint density at radius 1 is 1.18 bits per heavy atom. The van der Waals surface area contributed by atoms with E-state index < -0.39 is 12.6 Å². The van der Waals surface area contributed by atoms with Crippen LogP contribution in [0.5, 0.6) is 0 Å². The van der Waals surface area contributed by atoms with Crippen LogP contribution in [-0.2, 0) is 0 Å². The summed E-state index contributed by atoms with van der Waals surface area (Å²) in [6.07, 6.45) is -1.41. The van der Waals surface area contributed by atoms with Crippen molar-refractivity contribution in [1.82, 2.24) is 0 Å². The number of hydrogen-bond donors (Lipinski definition) is 0. The first kappa shape index (κ1) is 7.44. The van der Waals surface area contributed by atoms with Gasteiger partial charge in [0.15, 0.2) is 0 Å². The summed E-state index contributed by atoms with van der Waals surface area (Å²) in [5, 5.41) is 0. The first-order valence-corrected chi connectivity index (χ1v) is 4.00. The number of fused-ring (bicyclic) bond motifs is 1. The molecule has 0 aliphatic heterocycles. The quantitative estimate of drug-likeness (QED) is 0.557. The minimum atomic E-state index is -3.96. The van der Waals surface area contributed by atoms with Crippen LogP contribution in [0, 0.1) is 17.8 Å². The number of hydrogen-bond acceptors (Lipinski definition) is 0. The Balaban J connectivity index is 1.83. The van der Waals surface area contributed by atoms with Crippen LogP contribution in [0.4, 0.5) is 13.2 Å². The maximum absolute atomic E-state index is 11.8. The Hall–Kier alpha value is -0.210. The highest BCUT2D eigenvalue weighted by Gasteiger charge is 2.56. The molecule has 0 N–H and O–H groups in total. The first-order chi connectivity index (χ1) is 5.08. The van der Waals surface area contributed by atoms with Crippen molar-refractivity contribution in [3.05, 3.63) is 5.92 Å². The number of rotatable bonds is 1. The van der Waals surface area contributed by atoms with Gasteiger partial charge in [-0.15, -0.1) is 0 Å². The molecule has 0 nitrogen and oxygen atoms in total. The molecule has 0 aromatic rings. The summed E-state index contributed by atoms with van der Waals surface area (Å²) in [5.74, 6) is 1.50. The zero-order valence-electron chi connectivity index (χ0n) is 6.12. The van der Waals surface area contributed by atoms with Gasteiger partial charge in [-0.05, 0) is 30.6 Å². The molecular weight excluding hydrogens is 153 g/mol. The second-order valence-electron chi connectivity index (χ2n) is 3.51. The summed E-state index contributed by atoms with van der Waals surface area (Å²) in [7, 11) is 0. The number of halogens is 3. The summed E-state index contributed by atoms with van der Waals surface area (Å²) in [6, 6.07) is 0. The van der Waals surface area contributed by atoms with Crippen LogP contribution in [0.2, 0.25) is 0 Å². The average Bonchev–Trinajstić information content (AvgIpc) is 2.39. The highest BCUT2D eigenvalue weighted by molar-refractivity contribution is 5.24. The van der Waals surface area contributed by atoms with Gasteiger partial charge in [0.05, 0.1) is 6.42 Å². The molecule has 2 aliphatic rings. The lowest BCUT2D eigenvalue weighted by Crippen LogP contribution is -2.08. The Bertz CT molecular complexity index is 151. The first-order valence-electron chi connectivity index (χ1n) is 4.00. The summed E-state index contributed by atoms with van der Waals surface area (Å²) in [5.41, 5.74) is 0. The van der Waals surface area contributed by atoms with Crippen molar-refractivity contribution < 1.29 is 13.2 Å². The van der Waals surface area contributed by atoms with Gasteiger partial charge in [-0.1, -0.05) is 6.42 Å². The highest BCUT2D eigenvalue weighted by atomic mass is 19.4. The van der Waals surface area contributed by atoms with Crippen molar-refractivity contribution in [1.29, 1.82) is 0 Å². The molecular formula is C8H10F3. The van der Waals surface area contributed by atoms with Gasteiger partial charge in [-0.3, -0.25) is 0 Å². The smallest absolute Gasteiger partial charge is 0.171 e. The van der Waals surface area contributed by atoms with Crippen molar-refractivity contribution in [2.75, 3.05) is 0 Å². The highest BCUT2D eigenvalue weighted by Crippen LogP contribution is 2.62. The van der Waals surface area contributed by atoms with E-state index in [9.17, 15) is 13.2 Å². The molecule has 0 aromatic heterocycles. The van der Waals surface area contributed by atoms with Crippen LogP contribution in [0.25, 0.3) is 0 Å². The van der Waals surface area contributed by atoms with Crippen LogP contribution < -0.4 is 0 Å². The van der Waals surface area contributed by atoms with Crippen LogP contribution in [0.15, 0.2) is 0 Å². The van der Waals surface area contributed by atoms with E-state index in [2.05, 4.69) is 0 Å². The third kappa shape index (κ3) is 1.37. The maximum atomic E-state index is 11.8. The van der Waals surface area contributed by atoms with Crippen molar-refractivity contribution in [3.63, 3.8) is 0 Å². The van der Waals surface area contributed by atoms with Gasteiger partial charge in [0.2, 0.25) is 0 Å². The lowest BCUT2D eigenvalue weighted by atomic mass is 10.1. The maximum Gasteiger partial charge on any atom is 0.389 e. The monoisotopic (exact) mass is 163 g/mol. The minimum absolute atomic E-state index is 0.358. The van der Waals surface area contributed by atoms with E-state index in [4.69, 9.17) is 0 Å². The van der Waals surface area contributed by atoms with Crippen LogP contribution in [0.3, 0.4) is 0 Å². The lowest BCUT2D eigenvalue weighted by Gasteiger charge is -2.06. The standard InChI is InChI=1S/C8H10F3/c9-8(10,11)4-7-5-2-1-3-6(5)7/h5-6H,1-4H2. The zero-order valence-corrected chi connectivity index (χ0v) is 6.12. The third-order valence-corrected chi connectivity index (χ3v) is 2.76. The Labute approximate surface area is 63.8 Å². The molecule has 63 valence electrons. The molecule has 3 heteroatoms. The fourth-order valence-corrected chi connectivity index (χ4v) is 2.27. The van der Waals surface area contributed by atoms with Crippen molar-refractivity contribution in [2.24, 2.45) is 11.8 Å². The fraction of sp³-hybridized carbons (Fsp3) is 0.875. The van der Waals surface area contributed by atoms with E-state index in [0.717, 1.165) is 25.2 Å². The van der Waals surface area contributed by atoms with Gasteiger partial charge in [-0.2, -0.15) is 13.2 Å². The van der Waals surface area contributed by atoms with Gasteiger partial charge < -0.3 is 0 Å². The molecule has 2 atom stereocenters. The van der Waals surface area contributed by atoms with E-state index in [0.29, 0.717) is 11.8 Å². The molecule has 0 spiro atoms. The van der Waals surface area contributed by atoms with Crippen LogP contribution >= 0.6 is 0 Å². The summed E-state index contributed by atoms with van der Waals surface area (Å²) in [6.45, 7) is 0. The predicted octanol–water partition coefficient (Wildman–Crippen LogP) is 2.94. The van der Waals surface area contributed by atoms with Gasteiger partial charge in [0.1, 0.15) is 0 Å². The van der Waals surface area contributed by atoms with E-state index in [-0.39, 0.29) is 0 Å². The molecule has 2 saturated carbocycles. The lowest BCUT2D eigenvalue weighted by molar-refractivity contribution is -0.129. The normalized spacial score (nSPS) is 37.4. The largest absolute Gasteiger partial charge is 0.389 e. The summed E-state index contributed by atoms with van der Waals surface area (Å²) in [4.78, 5) is 0. The average molecular weight is 163 g/mol. The molecule has 2 unspecified atom stereocenters. The van der Waals surface area contributed by atoms with E-state index >= 15 is 0 Å². The molecule has 1 radical (unpaired) electrons. The van der Waals surface area contributed by atoms with E-state index in [1.165, 1.54) is 0 Å². The minimum Gasteiger partial charge on any atom is -0.171 e. The topological polar surface area (TPSA) is 0 Å². The van der Waals surface area contributed by atoms with Crippen molar-refractivity contribution >= 4 is 0 Å². The second kappa shape index (κ2) is 2.14. The molecule has 2 aliphatic carbocycles. The Morgan fingerprint density at radius 3 is 2.18 bits per heavy atom. The van der Waals surface area contributed by atoms with Crippen LogP contribution in [-0.4, -0.2) is 6.18 Å². The second-order valence-corrected chi connectivity index (χ2v) is 3.51. The SMILES string of the molecule is FC(F)(F)C[C]1C2CCCC12. The van der Waals surface area contributed by atoms with E-state index in [1.54, 1.807) is 0 Å². The van der Waals surface area contributed by atoms with Crippen molar-refractivity contribution in [2.45, 2.75) is 31.9 Å². The van der Waals surface area contributed by atoms with Crippen LogP contribution in [0.1, 0.15) is 25.7 Å². The molecule has 0 amide bonds. The fourth-order valence-electron chi connectivity index (χ4n) is 2.27. The molecule has 11 heavy (non-hydrogen) atoms. The summed E-state index contributed by atoms with van der Waals surface area (Å²) < 4.78 is 35.5.